The maximum absolute atomic E-state index is 13.4. The highest BCUT2D eigenvalue weighted by Gasteiger charge is 2.09. The molecule has 100 valence electrons. The Labute approximate surface area is 111 Å². The zero-order valence-electron chi connectivity index (χ0n) is 10.6. The van der Waals surface area contributed by atoms with Crippen LogP contribution in [0.1, 0.15) is 16.8 Å². The number of halogens is 1. The molecule has 0 aliphatic carbocycles. The van der Waals surface area contributed by atoms with Crippen LogP contribution in [0.25, 0.3) is 0 Å². The fraction of sp³-hybridized carbons (Fsp3) is 0.462. The van der Waals surface area contributed by atoms with E-state index in [1.165, 1.54) is 31.0 Å². The number of thioether (sulfide) groups is 1. The molecule has 5 heteroatoms. The molecule has 18 heavy (non-hydrogen) atoms. The summed E-state index contributed by atoms with van der Waals surface area (Å²) in [5.74, 6) is 0.791. The monoisotopic (exact) mass is 272 g/mol. The Bertz CT molecular complexity index is 396. The lowest BCUT2D eigenvalue weighted by atomic mass is 10.1. The Balaban J connectivity index is 2.44. The molecule has 0 bridgehead atoms. The van der Waals surface area contributed by atoms with Gasteiger partial charge in [0.05, 0.1) is 12.9 Å². The van der Waals surface area contributed by atoms with Gasteiger partial charge >= 0.3 is 0 Å². The maximum Gasteiger partial charge on any atom is 0.172 e. The molecule has 0 aromatic heterocycles. The molecule has 0 aliphatic rings. The van der Waals surface area contributed by atoms with E-state index in [0.717, 1.165) is 12.2 Å². The molecule has 3 nitrogen and oxygen atoms in total. The number of carbonyl (C=O) groups excluding carboxylic acids is 1. The molecule has 0 radical (unpaired) electrons. The number of methoxy groups -OCH3 is 2. The quantitative estimate of drug-likeness (QED) is 0.538. The van der Waals surface area contributed by atoms with Gasteiger partial charge in [0.15, 0.2) is 17.3 Å². The topological polar surface area (TPSA) is 35.5 Å². The van der Waals surface area contributed by atoms with Crippen molar-refractivity contribution in [2.75, 3.05) is 32.3 Å². The van der Waals surface area contributed by atoms with Crippen LogP contribution in [0.4, 0.5) is 4.39 Å². The van der Waals surface area contributed by atoms with Crippen molar-refractivity contribution < 1.29 is 18.7 Å². The van der Waals surface area contributed by atoms with E-state index in [2.05, 4.69) is 0 Å². The number of ether oxygens (including phenoxy) is 2. The lowest BCUT2D eigenvalue weighted by Crippen LogP contribution is -2.04. The number of rotatable bonds is 8. The first-order chi connectivity index (χ1) is 8.69. The van der Waals surface area contributed by atoms with Crippen LogP contribution in [0.2, 0.25) is 0 Å². The van der Waals surface area contributed by atoms with E-state index in [-0.39, 0.29) is 11.5 Å². The van der Waals surface area contributed by atoms with Gasteiger partial charge in [-0.2, -0.15) is 11.8 Å². The van der Waals surface area contributed by atoms with E-state index in [1.54, 1.807) is 13.2 Å². The molecule has 0 atom stereocenters. The predicted octanol–water partition coefficient (Wildman–Crippen LogP) is 2.79. The van der Waals surface area contributed by atoms with Gasteiger partial charge in [0.25, 0.3) is 0 Å². The Morgan fingerprint density at radius 3 is 2.78 bits per heavy atom. The Hall–Kier alpha value is -1.07. The van der Waals surface area contributed by atoms with Gasteiger partial charge in [0, 0.05) is 19.3 Å². The molecule has 0 unspecified atom stereocenters. The fourth-order valence-corrected chi connectivity index (χ4v) is 2.21. The van der Waals surface area contributed by atoms with Gasteiger partial charge in [-0.1, -0.05) is 0 Å². The van der Waals surface area contributed by atoms with Gasteiger partial charge in [-0.15, -0.1) is 0 Å². The lowest BCUT2D eigenvalue weighted by Gasteiger charge is -2.04. The van der Waals surface area contributed by atoms with Crippen LogP contribution in [0.15, 0.2) is 18.2 Å². The standard InChI is InChI=1S/C13H17FO3S/c1-16-6-3-7-18-9-12(15)10-4-5-13(17-2)11(14)8-10/h4-5,8H,3,6-7,9H2,1-2H3. The van der Waals surface area contributed by atoms with Crippen LogP contribution in [-0.4, -0.2) is 38.1 Å². The molecule has 0 N–H and O–H groups in total. The molecule has 1 aromatic carbocycles. The highest BCUT2D eigenvalue weighted by Crippen LogP contribution is 2.19. The van der Waals surface area contributed by atoms with Crippen molar-refractivity contribution in [2.45, 2.75) is 6.42 Å². The second-order valence-corrected chi connectivity index (χ2v) is 4.78. The van der Waals surface area contributed by atoms with E-state index in [4.69, 9.17) is 9.47 Å². The third-order valence-corrected chi connectivity index (χ3v) is 3.39. The Morgan fingerprint density at radius 1 is 1.39 bits per heavy atom. The second kappa shape index (κ2) is 8.11. The van der Waals surface area contributed by atoms with Crippen molar-refractivity contribution in [2.24, 2.45) is 0 Å². The number of hydrogen-bond donors (Lipinski definition) is 0. The van der Waals surface area contributed by atoms with Crippen LogP contribution in [0, 0.1) is 5.82 Å². The van der Waals surface area contributed by atoms with Crippen molar-refractivity contribution >= 4 is 17.5 Å². The molecule has 0 saturated heterocycles. The first-order valence-electron chi connectivity index (χ1n) is 5.62. The molecular formula is C13H17FO3S. The van der Waals surface area contributed by atoms with E-state index < -0.39 is 5.82 Å². The van der Waals surface area contributed by atoms with Gasteiger partial charge in [0.2, 0.25) is 0 Å². The van der Waals surface area contributed by atoms with Crippen molar-refractivity contribution in [3.05, 3.63) is 29.6 Å². The number of ketones is 1. The largest absolute Gasteiger partial charge is 0.494 e. The Morgan fingerprint density at radius 2 is 2.17 bits per heavy atom. The van der Waals surface area contributed by atoms with Crippen LogP contribution in [0.5, 0.6) is 5.75 Å². The van der Waals surface area contributed by atoms with E-state index in [1.807, 2.05) is 0 Å². The van der Waals surface area contributed by atoms with E-state index in [9.17, 15) is 9.18 Å². The summed E-state index contributed by atoms with van der Waals surface area (Å²) in [6.07, 6.45) is 0.908. The number of benzene rings is 1. The van der Waals surface area contributed by atoms with Crippen LogP contribution in [0.3, 0.4) is 0 Å². The zero-order chi connectivity index (χ0) is 13.4. The molecule has 1 rings (SSSR count). The minimum absolute atomic E-state index is 0.0704. The highest BCUT2D eigenvalue weighted by atomic mass is 32.2. The molecule has 0 heterocycles. The van der Waals surface area contributed by atoms with Crippen molar-refractivity contribution in [3.63, 3.8) is 0 Å². The average molecular weight is 272 g/mol. The maximum atomic E-state index is 13.4. The summed E-state index contributed by atoms with van der Waals surface area (Å²) in [6.45, 7) is 0.693. The molecule has 0 aliphatic heterocycles. The minimum Gasteiger partial charge on any atom is -0.494 e. The molecule has 0 amide bonds. The summed E-state index contributed by atoms with van der Waals surface area (Å²) in [5.41, 5.74) is 0.382. The van der Waals surface area contributed by atoms with Gasteiger partial charge in [-0.05, 0) is 30.4 Å². The van der Waals surface area contributed by atoms with Gasteiger partial charge in [0.1, 0.15) is 0 Å². The SMILES string of the molecule is COCCCSCC(=O)c1ccc(OC)c(F)c1. The smallest absolute Gasteiger partial charge is 0.172 e. The summed E-state index contributed by atoms with van der Waals surface area (Å²) in [4.78, 5) is 11.8. The average Bonchev–Trinajstić information content (AvgIpc) is 2.38. The first-order valence-corrected chi connectivity index (χ1v) is 6.78. The lowest BCUT2D eigenvalue weighted by molar-refractivity contribution is 0.102. The highest BCUT2D eigenvalue weighted by molar-refractivity contribution is 7.99. The third-order valence-electron chi connectivity index (χ3n) is 2.34. The molecule has 0 spiro atoms. The van der Waals surface area contributed by atoms with Crippen LogP contribution < -0.4 is 4.74 Å². The van der Waals surface area contributed by atoms with Crippen molar-refractivity contribution in [1.82, 2.24) is 0 Å². The predicted molar refractivity (Wildman–Crippen MR) is 71.1 cm³/mol. The van der Waals surface area contributed by atoms with Gasteiger partial charge in [-0.3, -0.25) is 4.79 Å². The summed E-state index contributed by atoms with van der Waals surface area (Å²) >= 11 is 1.53. The first kappa shape index (κ1) is 15.0. The normalized spacial score (nSPS) is 10.4. The van der Waals surface area contributed by atoms with E-state index >= 15 is 0 Å². The van der Waals surface area contributed by atoms with Gasteiger partial charge < -0.3 is 9.47 Å². The second-order valence-electron chi connectivity index (χ2n) is 3.67. The summed E-state index contributed by atoms with van der Waals surface area (Å²) in [7, 11) is 3.04. The fourth-order valence-electron chi connectivity index (χ4n) is 1.39. The molecular weight excluding hydrogens is 255 g/mol. The summed E-state index contributed by atoms with van der Waals surface area (Å²) < 4.78 is 23.1. The summed E-state index contributed by atoms with van der Waals surface area (Å²) in [5, 5.41) is 0. The zero-order valence-corrected chi connectivity index (χ0v) is 11.4. The van der Waals surface area contributed by atoms with Crippen LogP contribution >= 0.6 is 11.8 Å². The number of carbonyl (C=O) groups is 1. The molecule has 1 aromatic rings. The minimum atomic E-state index is -0.507. The van der Waals surface area contributed by atoms with Crippen molar-refractivity contribution in [1.29, 1.82) is 0 Å². The van der Waals surface area contributed by atoms with Gasteiger partial charge in [-0.25, -0.2) is 4.39 Å². The number of Topliss-reactive ketones (excluding diaryl/α,β-unsaturated/α-hetero) is 1. The summed E-state index contributed by atoms with van der Waals surface area (Å²) in [6, 6.07) is 4.27. The molecule has 0 saturated carbocycles. The van der Waals surface area contributed by atoms with E-state index in [0.29, 0.717) is 17.9 Å². The Kier molecular flexibility index (Phi) is 6.75. The third kappa shape index (κ3) is 4.66. The number of hydrogen-bond acceptors (Lipinski definition) is 4. The molecule has 0 fully saturated rings. The van der Waals surface area contributed by atoms with Crippen LogP contribution in [-0.2, 0) is 4.74 Å². The van der Waals surface area contributed by atoms with Crippen molar-refractivity contribution in [3.8, 4) is 5.75 Å².